The number of benzene rings is 1. The third kappa shape index (κ3) is 5.09. The third-order valence-corrected chi connectivity index (χ3v) is 7.87. The molecule has 2 aromatic rings. The van der Waals surface area contributed by atoms with Gasteiger partial charge in [0.25, 0.3) is 11.8 Å². The molecule has 0 aliphatic carbocycles. The zero-order valence-corrected chi connectivity index (χ0v) is 21.5. The second-order valence-corrected chi connectivity index (χ2v) is 11.7. The molecule has 9 heteroatoms. The van der Waals surface area contributed by atoms with E-state index in [4.69, 9.17) is 0 Å². The number of likely N-dealkylation sites (tertiary alicyclic amines) is 1. The van der Waals surface area contributed by atoms with Crippen molar-refractivity contribution in [3.05, 3.63) is 43.6 Å². The number of nitrogens with zero attached hydrogens (tertiary/aromatic N) is 1. The SMILES string of the molecule is CN1CCC(NC(=O)c2c(Nc3ccc(I)cc3F)sc3c2CC(C)(C)CNC3=O)CC1. The summed E-state index contributed by atoms with van der Waals surface area (Å²) in [6.45, 7) is 6.55. The zero-order chi connectivity index (χ0) is 23.0. The van der Waals surface area contributed by atoms with Gasteiger partial charge in [-0.3, -0.25) is 9.59 Å². The summed E-state index contributed by atoms with van der Waals surface area (Å²) >= 11 is 3.28. The molecule has 0 spiro atoms. The van der Waals surface area contributed by atoms with Gasteiger partial charge in [0.15, 0.2) is 0 Å². The van der Waals surface area contributed by atoms with Crippen molar-refractivity contribution in [1.29, 1.82) is 0 Å². The van der Waals surface area contributed by atoms with Crippen molar-refractivity contribution >= 4 is 56.4 Å². The highest BCUT2D eigenvalue weighted by Crippen LogP contribution is 2.40. The van der Waals surface area contributed by atoms with Crippen LogP contribution in [0.4, 0.5) is 15.1 Å². The van der Waals surface area contributed by atoms with Crippen molar-refractivity contribution in [3.8, 4) is 0 Å². The molecule has 4 rings (SSSR count). The number of nitrogens with one attached hydrogen (secondary N) is 3. The van der Waals surface area contributed by atoms with Gasteiger partial charge in [-0.15, -0.1) is 11.3 Å². The maximum atomic E-state index is 14.6. The summed E-state index contributed by atoms with van der Waals surface area (Å²) in [5.41, 5.74) is 1.30. The van der Waals surface area contributed by atoms with E-state index in [1.165, 1.54) is 17.4 Å². The smallest absolute Gasteiger partial charge is 0.261 e. The molecule has 32 heavy (non-hydrogen) atoms. The standard InChI is InChI=1S/C23H28FIN4O2S/c1-23(2)11-15-18(20(30)27-14-6-8-29(3)9-7-14)22(32-19(15)21(31)26-12-23)28-17-5-4-13(25)10-16(17)24/h4-5,10,14,28H,6-9,11-12H2,1-3H3,(H,26,31)(H,27,30). The monoisotopic (exact) mass is 570 g/mol. The minimum absolute atomic E-state index is 0.0877. The van der Waals surface area contributed by atoms with Gasteiger partial charge in [0.1, 0.15) is 10.8 Å². The molecular weight excluding hydrogens is 542 g/mol. The van der Waals surface area contributed by atoms with Crippen LogP contribution >= 0.6 is 33.9 Å². The average Bonchev–Trinajstić information content (AvgIpc) is 3.02. The van der Waals surface area contributed by atoms with Gasteiger partial charge in [-0.05, 0) is 91.2 Å². The highest BCUT2D eigenvalue weighted by atomic mass is 127. The first kappa shape index (κ1) is 23.4. The Morgan fingerprint density at radius 1 is 1.31 bits per heavy atom. The molecule has 6 nitrogen and oxygen atoms in total. The minimum Gasteiger partial charge on any atom is -0.351 e. The Hall–Kier alpha value is -1.72. The van der Waals surface area contributed by atoms with E-state index < -0.39 is 5.82 Å². The summed E-state index contributed by atoms with van der Waals surface area (Å²) in [6, 6.07) is 4.99. The summed E-state index contributed by atoms with van der Waals surface area (Å²) in [5, 5.41) is 9.77. The van der Waals surface area contributed by atoms with Crippen LogP contribution in [-0.2, 0) is 6.42 Å². The fraction of sp³-hybridized carbons (Fsp3) is 0.478. The molecule has 0 saturated carbocycles. The molecule has 2 amide bonds. The molecule has 3 heterocycles. The molecule has 172 valence electrons. The molecule has 0 unspecified atom stereocenters. The first-order chi connectivity index (χ1) is 15.1. The van der Waals surface area contributed by atoms with Crippen LogP contribution in [0.25, 0.3) is 0 Å². The van der Waals surface area contributed by atoms with Crippen LogP contribution in [0, 0.1) is 14.8 Å². The predicted molar refractivity (Wildman–Crippen MR) is 135 cm³/mol. The van der Waals surface area contributed by atoms with Gasteiger partial charge >= 0.3 is 0 Å². The van der Waals surface area contributed by atoms with Crippen LogP contribution in [0.2, 0.25) is 0 Å². The normalized spacial score (nSPS) is 19.1. The summed E-state index contributed by atoms with van der Waals surface area (Å²) in [4.78, 5) is 29.1. The number of piperidine rings is 1. The quantitative estimate of drug-likeness (QED) is 0.478. The molecule has 0 bridgehead atoms. The van der Waals surface area contributed by atoms with E-state index in [2.05, 4.69) is 64.3 Å². The van der Waals surface area contributed by atoms with Crippen LogP contribution in [0.15, 0.2) is 18.2 Å². The predicted octanol–water partition coefficient (Wildman–Crippen LogP) is 4.37. The van der Waals surface area contributed by atoms with Crippen molar-refractivity contribution < 1.29 is 14.0 Å². The number of amides is 2. The lowest BCUT2D eigenvalue weighted by molar-refractivity contribution is 0.0916. The van der Waals surface area contributed by atoms with E-state index in [1.807, 2.05) is 0 Å². The maximum Gasteiger partial charge on any atom is 0.261 e. The summed E-state index contributed by atoms with van der Waals surface area (Å²) in [7, 11) is 2.08. The molecule has 1 fully saturated rings. The number of fused-ring (bicyclic) bond motifs is 1. The van der Waals surface area contributed by atoms with Crippen molar-refractivity contribution in [1.82, 2.24) is 15.5 Å². The maximum absolute atomic E-state index is 14.6. The number of carbonyl (C=O) groups is 2. The lowest BCUT2D eigenvalue weighted by Gasteiger charge is -2.29. The second kappa shape index (κ2) is 9.26. The lowest BCUT2D eigenvalue weighted by Crippen LogP contribution is -2.43. The number of hydrogen-bond acceptors (Lipinski definition) is 5. The van der Waals surface area contributed by atoms with Crippen molar-refractivity contribution in [3.63, 3.8) is 0 Å². The average molecular weight is 570 g/mol. The van der Waals surface area contributed by atoms with Crippen LogP contribution in [0.5, 0.6) is 0 Å². The number of rotatable bonds is 4. The van der Waals surface area contributed by atoms with Crippen LogP contribution in [0.3, 0.4) is 0 Å². The third-order valence-electron chi connectivity index (χ3n) is 6.06. The first-order valence-corrected chi connectivity index (χ1v) is 12.7. The van der Waals surface area contributed by atoms with Crippen LogP contribution in [-0.4, -0.2) is 49.4 Å². The minimum atomic E-state index is -0.396. The fourth-order valence-electron chi connectivity index (χ4n) is 4.21. The Kier molecular flexibility index (Phi) is 6.78. The van der Waals surface area contributed by atoms with Crippen molar-refractivity contribution in [2.75, 3.05) is 32.0 Å². The molecular formula is C23H28FIN4O2S. The molecule has 0 atom stereocenters. The van der Waals surface area contributed by atoms with E-state index in [1.54, 1.807) is 12.1 Å². The largest absolute Gasteiger partial charge is 0.351 e. The fourth-order valence-corrected chi connectivity index (χ4v) is 5.81. The summed E-state index contributed by atoms with van der Waals surface area (Å²) in [5.74, 6) is -0.775. The number of carbonyl (C=O) groups excluding carboxylic acids is 2. The Balaban J connectivity index is 1.72. The molecule has 3 N–H and O–H groups in total. The summed E-state index contributed by atoms with van der Waals surface area (Å²) in [6.07, 6.45) is 2.36. The van der Waals surface area contributed by atoms with E-state index in [9.17, 15) is 14.0 Å². The highest BCUT2D eigenvalue weighted by molar-refractivity contribution is 14.1. The Morgan fingerprint density at radius 2 is 2.03 bits per heavy atom. The van der Waals surface area contributed by atoms with Gasteiger partial charge in [-0.1, -0.05) is 13.8 Å². The zero-order valence-electron chi connectivity index (χ0n) is 18.5. The summed E-state index contributed by atoms with van der Waals surface area (Å²) < 4.78 is 15.4. The number of thiophene rings is 1. The van der Waals surface area contributed by atoms with Crippen LogP contribution in [0.1, 0.15) is 52.3 Å². The Bertz CT molecular complexity index is 1050. The number of anilines is 2. The van der Waals surface area contributed by atoms with Crippen molar-refractivity contribution in [2.24, 2.45) is 5.41 Å². The van der Waals surface area contributed by atoms with Gasteiger partial charge in [0.05, 0.1) is 16.1 Å². The first-order valence-electron chi connectivity index (χ1n) is 10.8. The van der Waals surface area contributed by atoms with Crippen LogP contribution < -0.4 is 16.0 Å². The van der Waals surface area contributed by atoms with E-state index in [-0.39, 0.29) is 29.0 Å². The van der Waals surface area contributed by atoms with Crippen molar-refractivity contribution in [2.45, 2.75) is 39.2 Å². The van der Waals surface area contributed by atoms with Gasteiger partial charge < -0.3 is 20.9 Å². The Labute approximate surface area is 205 Å². The highest BCUT2D eigenvalue weighted by Gasteiger charge is 2.35. The van der Waals surface area contributed by atoms with E-state index in [0.717, 1.165) is 35.1 Å². The molecule has 1 aromatic heterocycles. The lowest BCUT2D eigenvalue weighted by atomic mass is 9.85. The molecule has 2 aliphatic heterocycles. The molecule has 2 aliphatic rings. The molecule has 0 radical (unpaired) electrons. The van der Waals surface area contributed by atoms with E-state index in [0.29, 0.717) is 28.4 Å². The van der Waals surface area contributed by atoms with Gasteiger partial charge in [0.2, 0.25) is 0 Å². The Morgan fingerprint density at radius 3 is 2.72 bits per heavy atom. The van der Waals surface area contributed by atoms with Gasteiger partial charge in [-0.2, -0.15) is 0 Å². The number of halogens is 2. The van der Waals surface area contributed by atoms with Gasteiger partial charge in [0, 0.05) is 16.2 Å². The van der Waals surface area contributed by atoms with E-state index >= 15 is 0 Å². The number of hydrogen-bond donors (Lipinski definition) is 3. The van der Waals surface area contributed by atoms with Gasteiger partial charge in [-0.25, -0.2) is 4.39 Å². The second-order valence-electron chi connectivity index (χ2n) is 9.44. The molecule has 1 aromatic carbocycles. The molecule has 1 saturated heterocycles. The topological polar surface area (TPSA) is 73.5 Å².